The van der Waals surface area contributed by atoms with Crippen LogP contribution in [0, 0.1) is 17.0 Å². The number of benzene rings is 4. The molecule has 1 saturated heterocycles. The molecular formula is C36H35ClN6O5S3. The molecule has 0 bridgehead atoms. The Morgan fingerprint density at radius 3 is 2.41 bits per heavy atom. The zero-order chi connectivity index (χ0) is 36.0. The number of nitro benzene ring substituents is 1. The maximum atomic E-state index is 13.1. The number of nitrogens with one attached hydrogen (secondary N) is 2. The van der Waals surface area contributed by atoms with Crippen molar-refractivity contribution in [2.75, 3.05) is 48.7 Å². The van der Waals surface area contributed by atoms with Crippen LogP contribution in [0.3, 0.4) is 0 Å². The van der Waals surface area contributed by atoms with Gasteiger partial charge in [-0.3, -0.25) is 19.8 Å². The average molecular weight is 763 g/mol. The molecule has 264 valence electrons. The summed E-state index contributed by atoms with van der Waals surface area (Å²) in [7, 11) is -4.39. The van der Waals surface area contributed by atoms with Crippen molar-refractivity contribution in [1.29, 1.82) is 0 Å². The van der Waals surface area contributed by atoms with Crippen LogP contribution in [0.4, 0.5) is 17.1 Å². The average Bonchev–Trinajstić information content (AvgIpc) is 3.55. The molecule has 0 spiro atoms. The number of hydrogen-bond acceptors (Lipinski definition) is 11. The summed E-state index contributed by atoms with van der Waals surface area (Å²) in [5.74, 6) is -0.221. The number of thioether (sulfide) groups is 1. The Bertz CT molecular complexity index is 2120. The minimum Gasteiger partial charge on any atom is -0.379 e. The fraction of sp³-hybridized carbons (Fsp3) is 0.222. The first kappa shape index (κ1) is 36.3. The molecule has 0 unspecified atom stereocenters. The van der Waals surface area contributed by atoms with Gasteiger partial charge in [0.25, 0.3) is 21.6 Å². The lowest BCUT2D eigenvalue weighted by molar-refractivity contribution is -0.384. The molecule has 1 aliphatic heterocycles. The number of thiazole rings is 1. The second kappa shape index (κ2) is 16.3. The number of anilines is 2. The van der Waals surface area contributed by atoms with Gasteiger partial charge in [0, 0.05) is 78.4 Å². The lowest BCUT2D eigenvalue weighted by Crippen LogP contribution is -2.46. The van der Waals surface area contributed by atoms with Crippen LogP contribution in [-0.4, -0.2) is 67.6 Å². The number of aryl methyl sites for hydroxylation is 1. The van der Waals surface area contributed by atoms with Gasteiger partial charge >= 0.3 is 0 Å². The Balaban J connectivity index is 1.02. The molecule has 1 aromatic heterocycles. The SMILES string of the molecule is Cc1csc(SCCNc2ccc(S(=O)(=O)NC(=O)c3ccc(N4CCN(Cc5ccccc5-c5ccc(Cl)cc5)CC4)cc3)cc2[N+](=O)[O-])n1. The molecule has 1 aliphatic rings. The number of nitro groups is 1. The predicted molar refractivity (Wildman–Crippen MR) is 205 cm³/mol. The Hall–Kier alpha value is -4.47. The van der Waals surface area contributed by atoms with E-state index < -0.39 is 26.5 Å². The Labute approximate surface area is 309 Å². The van der Waals surface area contributed by atoms with Gasteiger partial charge in [-0.2, -0.15) is 0 Å². The van der Waals surface area contributed by atoms with E-state index in [-0.39, 0.29) is 16.1 Å². The highest BCUT2D eigenvalue weighted by atomic mass is 35.5. The van der Waals surface area contributed by atoms with Gasteiger partial charge in [-0.15, -0.1) is 11.3 Å². The van der Waals surface area contributed by atoms with E-state index in [2.05, 4.69) is 38.3 Å². The van der Waals surface area contributed by atoms with E-state index in [9.17, 15) is 23.3 Å². The standard InChI is InChI=1S/C36H35ClN6O5S3/c1-25-24-50-36(39-25)49-21-16-38-33-15-14-31(22-34(33)43(45)46)51(47,48)40-35(44)27-8-12-30(13-9-27)42-19-17-41(18-20-42)23-28-4-2-3-5-32(28)26-6-10-29(37)11-7-26/h2-15,22,24,38H,16-21,23H2,1H3,(H,40,44). The van der Waals surface area contributed by atoms with Crippen LogP contribution in [0.5, 0.6) is 0 Å². The number of sulfonamides is 1. The van der Waals surface area contributed by atoms with Crippen molar-refractivity contribution in [3.05, 3.63) is 128 Å². The number of amides is 1. The van der Waals surface area contributed by atoms with Gasteiger partial charge in [0.15, 0.2) is 0 Å². The summed E-state index contributed by atoms with van der Waals surface area (Å²) in [5.41, 5.74) is 5.34. The largest absolute Gasteiger partial charge is 0.379 e. The normalized spacial score (nSPS) is 13.6. The Kier molecular flexibility index (Phi) is 11.6. The van der Waals surface area contributed by atoms with Crippen LogP contribution < -0.4 is 14.9 Å². The van der Waals surface area contributed by atoms with Gasteiger partial charge in [0.05, 0.1) is 9.82 Å². The first-order valence-electron chi connectivity index (χ1n) is 16.1. The summed E-state index contributed by atoms with van der Waals surface area (Å²) in [4.78, 5) is 32.8. The van der Waals surface area contributed by atoms with Crippen LogP contribution in [0.15, 0.2) is 106 Å². The first-order chi connectivity index (χ1) is 24.6. The summed E-state index contributed by atoms with van der Waals surface area (Å²) in [5, 5.41) is 17.4. The highest BCUT2D eigenvalue weighted by Gasteiger charge is 2.24. The molecular weight excluding hydrogens is 728 g/mol. The number of carbonyl (C=O) groups excluding carboxylic acids is 1. The molecule has 0 radical (unpaired) electrons. The van der Waals surface area contributed by atoms with E-state index in [1.165, 1.54) is 46.4 Å². The third-order valence-electron chi connectivity index (χ3n) is 8.38. The quantitative estimate of drug-likeness (QED) is 0.0543. The first-order valence-corrected chi connectivity index (χ1v) is 19.8. The predicted octanol–water partition coefficient (Wildman–Crippen LogP) is 7.33. The Morgan fingerprint density at radius 2 is 1.73 bits per heavy atom. The van der Waals surface area contributed by atoms with Crippen LogP contribution in [-0.2, 0) is 16.6 Å². The summed E-state index contributed by atoms with van der Waals surface area (Å²) in [6.45, 7) is 6.40. The Morgan fingerprint density at radius 1 is 1.00 bits per heavy atom. The van der Waals surface area contributed by atoms with E-state index in [4.69, 9.17) is 11.6 Å². The van der Waals surface area contributed by atoms with Gasteiger partial charge in [-0.05, 0) is 72.1 Å². The fourth-order valence-electron chi connectivity index (χ4n) is 5.74. The summed E-state index contributed by atoms with van der Waals surface area (Å²) < 4.78 is 29.2. The third kappa shape index (κ3) is 9.26. The van der Waals surface area contributed by atoms with E-state index in [1.807, 2.05) is 47.4 Å². The molecule has 4 aromatic carbocycles. The van der Waals surface area contributed by atoms with Crippen molar-refractivity contribution >= 4 is 67.7 Å². The number of nitrogens with zero attached hydrogens (tertiary/aromatic N) is 4. The van der Waals surface area contributed by atoms with Crippen molar-refractivity contribution < 1.29 is 18.1 Å². The topological polar surface area (TPSA) is 138 Å². The summed E-state index contributed by atoms with van der Waals surface area (Å²) >= 11 is 9.15. The number of halogens is 1. The minimum absolute atomic E-state index is 0.153. The molecule has 15 heteroatoms. The van der Waals surface area contributed by atoms with Crippen LogP contribution >= 0.6 is 34.7 Å². The molecule has 1 fully saturated rings. The zero-order valence-electron chi connectivity index (χ0n) is 27.6. The minimum atomic E-state index is -4.39. The summed E-state index contributed by atoms with van der Waals surface area (Å²) in [6, 6.07) is 26.5. The van der Waals surface area contributed by atoms with Crippen molar-refractivity contribution in [2.24, 2.45) is 0 Å². The molecule has 0 aliphatic carbocycles. The van der Waals surface area contributed by atoms with Crippen LogP contribution in [0.2, 0.25) is 5.02 Å². The van der Waals surface area contributed by atoms with Crippen molar-refractivity contribution in [1.82, 2.24) is 14.6 Å². The fourth-order valence-corrected chi connectivity index (χ4v) is 8.63. The second-order valence-corrected chi connectivity index (χ2v) is 16.2. The highest BCUT2D eigenvalue weighted by molar-refractivity contribution is 8.01. The molecule has 11 nitrogen and oxygen atoms in total. The molecule has 6 rings (SSSR count). The maximum absolute atomic E-state index is 13.1. The molecule has 51 heavy (non-hydrogen) atoms. The highest BCUT2D eigenvalue weighted by Crippen LogP contribution is 2.30. The number of hydrogen-bond donors (Lipinski definition) is 2. The van der Waals surface area contributed by atoms with Gasteiger partial charge in [0.1, 0.15) is 10.0 Å². The number of rotatable bonds is 13. The number of piperazine rings is 1. The second-order valence-electron chi connectivity index (χ2n) is 11.9. The molecule has 2 N–H and O–H groups in total. The molecule has 5 aromatic rings. The van der Waals surface area contributed by atoms with E-state index in [0.717, 1.165) is 60.1 Å². The van der Waals surface area contributed by atoms with Crippen LogP contribution in [0.1, 0.15) is 21.6 Å². The van der Waals surface area contributed by atoms with E-state index >= 15 is 0 Å². The third-order valence-corrected chi connectivity index (χ3v) is 12.1. The lowest BCUT2D eigenvalue weighted by Gasteiger charge is -2.36. The van der Waals surface area contributed by atoms with Crippen molar-refractivity contribution in [3.63, 3.8) is 0 Å². The smallest absolute Gasteiger partial charge is 0.293 e. The molecule has 0 atom stereocenters. The summed E-state index contributed by atoms with van der Waals surface area (Å²) in [6.07, 6.45) is 0. The number of carbonyl (C=O) groups is 1. The molecule has 0 saturated carbocycles. The van der Waals surface area contributed by atoms with E-state index in [1.54, 1.807) is 24.3 Å². The zero-order valence-corrected chi connectivity index (χ0v) is 30.8. The van der Waals surface area contributed by atoms with Crippen LogP contribution in [0.25, 0.3) is 11.1 Å². The number of aromatic nitrogens is 1. The van der Waals surface area contributed by atoms with Gasteiger partial charge in [-0.25, -0.2) is 18.1 Å². The van der Waals surface area contributed by atoms with Gasteiger partial charge < -0.3 is 10.2 Å². The van der Waals surface area contributed by atoms with Crippen molar-refractivity contribution in [2.45, 2.75) is 22.7 Å². The lowest BCUT2D eigenvalue weighted by atomic mass is 9.99. The van der Waals surface area contributed by atoms with E-state index in [0.29, 0.717) is 17.3 Å². The maximum Gasteiger partial charge on any atom is 0.293 e. The monoisotopic (exact) mass is 762 g/mol. The van der Waals surface area contributed by atoms with Crippen molar-refractivity contribution in [3.8, 4) is 11.1 Å². The molecule has 1 amide bonds. The molecule has 2 heterocycles. The van der Waals surface area contributed by atoms with Gasteiger partial charge in [0.2, 0.25) is 0 Å². The van der Waals surface area contributed by atoms with Gasteiger partial charge in [-0.1, -0.05) is 59.8 Å².